The molecule has 2 rings (SSSR count). The topological polar surface area (TPSA) is 67.9 Å². The molecule has 2 heterocycles. The van der Waals surface area contributed by atoms with Crippen molar-refractivity contribution in [2.24, 2.45) is 0 Å². The number of aromatic nitrogens is 3. The van der Waals surface area contributed by atoms with Crippen molar-refractivity contribution in [3.63, 3.8) is 0 Å². The van der Waals surface area contributed by atoms with Crippen LogP contribution in [-0.4, -0.2) is 39.5 Å². The first-order valence-electron chi connectivity index (χ1n) is 4.64. The monoisotopic (exact) mass is 245 g/mol. The Kier molecular flexibility index (Phi) is 3.16. The van der Waals surface area contributed by atoms with Crippen LogP contribution in [0.4, 0.5) is 11.9 Å². The van der Waals surface area contributed by atoms with Crippen LogP contribution in [0.15, 0.2) is 0 Å². The summed E-state index contributed by atoms with van der Waals surface area (Å²) in [6.45, 7) is 0. The Morgan fingerprint density at radius 2 is 2.27 bits per heavy atom. The highest BCUT2D eigenvalue weighted by atomic mass is 35.5. The minimum atomic E-state index is 0.148. The van der Waals surface area contributed by atoms with Gasteiger partial charge >= 0.3 is 0 Å². The second-order valence-electron chi connectivity index (χ2n) is 3.39. The molecule has 7 heteroatoms. The van der Waals surface area contributed by atoms with E-state index >= 15 is 0 Å². The third-order valence-corrected chi connectivity index (χ3v) is 3.70. The Labute approximate surface area is 97.4 Å². The zero-order valence-corrected chi connectivity index (χ0v) is 9.92. The van der Waals surface area contributed by atoms with E-state index in [0.717, 1.165) is 12.2 Å². The van der Waals surface area contributed by atoms with Gasteiger partial charge in [-0.25, -0.2) is 0 Å². The largest absolute Gasteiger partial charge is 0.368 e. The van der Waals surface area contributed by atoms with E-state index in [2.05, 4.69) is 15.0 Å². The summed E-state index contributed by atoms with van der Waals surface area (Å²) in [6.07, 6.45) is 1.14. The molecule has 0 bridgehead atoms. The Bertz CT molecular complexity index is 335. The zero-order valence-electron chi connectivity index (χ0n) is 8.35. The maximum Gasteiger partial charge on any atom is 0.231 e. The quantitative estimate of drug-likeness (QED) is 0.840. The van der Waals surface area contributed by atoms with Gasteiger partial charge in [0.2, 0.25) is 17.2 Å². The molecule has 0 aliphatic carbocycles. The number of hydrogen-bond donors (Lipinski definition) is 1. The van der Waals surface area contributed by atoms with E-state index in [0.29, 0.717) is 12.0 Å². The third kappa shape index (κ3) is 2.43. The highest BCUT2D eigenvalue weighted by Crippen LogP contribution is 2.24. The molecule has 1 aromatic rings. The van der Waals surface area contributed by atoms with Gasteiger partial charge in [-0.1, -0.05) is 0 Å². The van der Waals surface area contributed by atoms with Crippen LogP contribution in [0.25, 0.3) is 0 Å². The molecule has 1 aromatic heterocycles. The highest BCUT2D eigenvalue weighted by molar-refractivity contribution is 7.99. The number of anilines is 2. The lowest BCUT2D eigenvalue weighted by molar-refractivity contribution is 0.680. The van der Waals surface area contributed by atoms with E-state index in [-0.39, 0.29) is 11.2 Å². The van der Waals surface area contributed by atoms with Crippen molar-refractivity contribution in [2.75, 3.05) is 29.2 Å². The highest BCUT2D eigenvalue weighted by Gasteiger charge is 2.22. The maximum absolute atomic E-state index is 5.73. The van der Waals surface area contributed by atoms with Crippen LogP contribution < -0.4 is 10.6 Å². The van der Waals surface area contributed by atoms with Crippen LogP contribution in [0.1, 0.15) is 6.42 Å². The van der Waals surface area contributed by atoms with Crippen LogP contribution >= 0.6 is 23.4 Å². The summed E-state index contributed by atoms with van der Waals surface area (Å²) in [6, 6.07) is 0.466. The summed E-state index contributed by atoms with van der Waals surface area (Å²) >= 11 is 7.66. The van der Waals surface area contributed by atoms with Gasteiger partial charge in [-0.05, 0) is 23.8 Å². The second-order valence-corrected chi connectivity index (χ2v) is 4.88. The van der Waals surface area contributed by atoms with Gasteiger partial charge in [-0.3, -0.25) is 0 Å². The predicted molar refractivity (Wildman–Crippen MR) is 63.4 cm³/mol. The Balaban J connectivity index is 2.20. The summed E-state index contributed by atoms with van der Waals surface area (Å²) in [5.41, 5.74) is 5.52. The first-order chi connectivity index (χ1) is 7.16. The van der Waals surface area contributed by atoms with E-state index < -0.39 is 0 Å². The van der Waals surface area contributed by atoms with Crippen molar-refractivity contribution in [1.82, 2.24) is 15.0 Å². The lowest BCUT2D eigenvalue weighted by Crippen LogP contribution is -2.33. The van der Waals surface area contributed by atoms with Gasteiger partial charge in [0, 0.05) is 18.8 Å². The average Bonchev–Trinajstić information content (AvgIpc) is 2.67. The molecule has 2 N–H and O–H groups in total. The molecule has 1 aliphatic heterocycles. The fourth-order valence-electron chi connectivity index (χ4n) is 1.50. The average molecular weight is 246 g/mol. The molecule has 1 fully saturated rings. The second kappa shape index (κ2) is 4.40. The Morgan fingerprint density at radius 3 is 2.87 bits per heavy atom. The molecule has 15 heavy (non-hydrogen) atoms. The molecule has 0 radical (unpaired) electrons. The molecule has 0 saturated carbocycles. The third-order valence-electron chi connectivity index (χ3n) is 2.38. The van der Waals surface area contributed by atoms with Gasteiger partial charge in [0.1, 0.15) is 0 Å². The molecule has 1 aliphatic rings. The first-order valence-corrected chi connectivity index (χ1v) is 6.17. The lowest BCUT2D eigenvalue weighted by atomic mass is 10.2. The summed E-state index contributed by atoms with van der Waals surface area (Å²) < 4.78 is 0. The Hall–Kier alpha value is -0.750. The standard InChI is InChI=1S/C8H12ClN5S/c1-14(5-2-3-15-4-5)8-12-6(9)11-7(10)13-8/h5H,2-4H2,1H3,(H2,10,11,12,13). The van der Waals surface area contributed by atoms with Crippen molar-refractivity contribution in [2.45, 2.75) is 12.5 Å². The van der Waals surface area contributed by atoms with Gasteiger partial charge in [-0.15, -0.1) is 0 Å². The molecule has 1 saturated heterocycles. The van der Waals surface area contributed by atoms with Gasteiger partial charge in [0.15, 0.2) is 0 Å². The summed E-state index contributed by atoms with van der Waals surface area (Å²) in [4.78, 5) is 13.9. The fraction of sp³-hybridized carbons (Fsp3) is 0.625. The van der Waals surface area contributed by atoms with E-state index in [1.807, 2.05) is 23.7 Å². The van der Waals surface area contributed by atoms with Gasteiger partial charge in [-0.2, -0.15) is 26.7 Å². The lowest BCUT2D eigenvalue weighted by Gasteiger charge is -2.23. The maximum atomic E-state index is 5.73. The van der Waals surface area contributed by atoms with Crippen molar-refractivity contribution >= 4 is 35.3 Å². The molecule has 5 nitrogen and oxygen atoms in total. The molecule has 0 spiro atoms. The number of nitrogens with two attached hydrogens (primary N) is 1. The Morgan fingerprint density at radius 1 is 1.47 bits per heavy atom. The fourth-order valence-corrected chi connectivity index (χ4v) is 2.93. The van der Waals surface area contributed by atoms with E-state index in [1.54, 1.807) is 0 Å². The molecular formula is C8H12ClN5S. The molecule has 0 aromatic carbocycles. The van der Waals surface area contributed by atoms with Crippen LogP contribution in [0.3, 0.4) is 0 Å². The number of nitrogen functional groups attached to an aromatic ring is 1. The van der Waals surface area contributed by atoms with Crippen molar-refractivity contribution in [1.29, 1.82) is 0 Å². The van der Waals surface area contributed by atoms with Crippen LogP contribution in [0, 0.1) is 0 Å². The number of hydrogen-bond acceptors (Lipinski definition) is 6. The van der Waals surface area contributed by atoms with Crippen LogP contribution in [0.5, 0.6) is 0 Å². The van der Waals surface area contributed by atoms with Crippen molar-refractivity contribution < 1.29 is 0 Å². The summed E-state index contributed by atoms with van der Waals surface area (Å²) in [5.74, 6) is 3.01. The van der Waals surface area contributed by atoms with Crippen molar-refractivity contribution in [3.8, 4) is 0 Å². The first kappa shape index (κ1) is 10.8. The molecule has 0 amide bonds. The van der Waals surface area contributed by atoms with E-state index in [4.69, 9.17) is 17.3 Å². The normalized spacial score (nSPS) is 20.5. The van der Waals surface area contributed by atoms with Gasteiger partial charge < -0.3 is 10.6 Å². The number of thioether (sulfide) groups is 1. The predicted octanol–water partition coefficient (Wildman–Crippen LogP) is 1.05. The number of nitrogens with zero attached hydrogens (tertiary/aromatic N) is 4. The SMILES string of the molecule is CN(c1nc(N)nc(Cl)n1)C1CCSC1. The number of halogens is 1. The van der Waals surface area contributed by atoms with Gasteiger partial charge in [0.25, 0.3) is 0 Å². The summed E-state index contributed by atoms with van der Waals surface area (Å²) in [5, 5.41) is 0.148. The molecule has 1 unspecified atom stereocenters. The zero-order chi connectivity index (χ0) is 10.8. The summed E-state index contributed by atoms with van der Waals surface area (Å²) in [7, 11) is 1.96. The van der Waals surface area contributed by atoms with Crippen LogP contribution in [-0.2, 0) is 0 Å². The molecular weight excluding hydrogens is 234 g/mol. The van der Waals surface area contributed by atoms with Crippen LogP contribution in [0.2, 0.25) is 5.28 Å². The van der Waals surface area contributed by atoms with E-state index in [9.17, 15) is 0 Å². The molecule has 82 valence electrons. The van der Waals surface area contributed by atoms with E-state index in [1.165, 1.54) is 5.75 Å². The molecule has 1 atom stereocenters. The van der Waals surface area contributed by atoms with Gasteiger partial charge in [0.05, 0.1) is 0 Å². The number of rotatable bonds is 2. The minimum absolute atomic E-state index is 0.148. The minimum Gasteiger partial charge on any atom is -0.368 e. The van der Waals surface area contributed by atoms with Crippen molar-refractivity contribution in [3.05, 3.63) is 5.28 Å². The smallest absolute Gasteiger partial charge is 0.231 e.